The molecule has 2 aromatic carbocycles. The van der Waals surface area contributed by atoms with Crippen LogP contribution in [0.15, 0.2) is 73.4 Å². The predicted molar refractivity (Wildman–Crippen MR) is 162 cm³/mol. The van der Waals surface area contributed by atoms with Crippen molar-refractivity contribution in [1.82, 2.24) is 30.0 Å². The zero-order chi connectivity index (χ0) is 30.8. The normalized spacial score (nSPS) is 20.3. The van der Waals surface area contributed by atoms with Crippen molar-refractivity contribution in [2.24, 2.45) is 5.92 Å². The molecule has 2 N–H and O–H groups in total. The van der Waals surface area contributed by atoms with E-state index in [4.69, 9.17) is 14.5 Å². The SMILES string of the molecule is C[C@]1(n2cnnc2)COc2c1cc(C(O)(CNC(=O)c1cc(OC3CC3)c3ncccc3c1)C1CC1)nc2-c1ccc(F)cc1. The van der Waals surface area contributed by atoms with Crippen molar-refractivity contribution in [3.05, 3.63) is 96.1 Å². The minimum Gasteiger partial charge on any atom is -0.488 e. The number of nitrogens with zero attached hydrogens (tertiary/aromatic N) is 5. The second kappa shape index (κ2) is 10.3. The van der Waals surface area contributed by atoms with Gasteiger partial charge in [-0.1, -0.05) is 6.07 Å². The molecule has 0 saturated heterocycles. The molecule has 1 amide bonds. The molecule has 3 aromatic heterocycles. The third-order valence-electron chi connectivity index (χ3n) is 9.12. The van der Waals surface area contributed by atoms with E-state index in [1.54, 1.807) is 43.1 Å². The van der Waals surface area contributed by atoms with Crippen molar-refractivity contribution in [1.29, 1.82) is 0 Å². The number of amides is 1. The maximum absolute atomic E-state index is 13.9. The first kappa shape index (κ1) is 27.6. The maximum Gasteiger partial charge on any atom is 0.251 e. The molecule has 3 aliphatic rings. The summed E-state index contributed by atoms with van der Waals surface area (Å²) < 4.78 is 28.1. The molecule has 4 heterocycles. The number of halogens is 1. The van der Waals surface area contributed by atoms with Crippen molar-refractivity contribution in [2.45, 2.75) is 49.9 Å². The highest BCUT2D eigenvalue weighted by Crippen LogP contribution is 2.50. The molecule has 10 nitrogen and oxygen atoms in total. The van der Waals surface area contributed by atoms with Crippen LogP contribution in [0.25, 0.3) is 22.2 Å². The van der Waals surface area contributed by atoms with Crippen LogP contribution in [0.2, 0.25) is 0 Å². The Hall–Kier alpha value is -4.90. The summed E-state index contributed by atoms with van der Waals surface area (Å²) in [6.45, 7) is 2.24. The smallest absolute Gasteiger partial charge is 0.251 e. The van der Waals surface area contributed by atoms with Gasteiger partial charge in [0.2, 0.25) is 0 Å². The first-order valence-corrected chi connectivity index (χ1v) is 15.2. The quantitative estimate of drug-likeness (QED) is 0.246. The molecular weight excluding hydrogens is 575 g/mol. The molecule has 2 saturated carbocycles. The van der Waals surface area contributed by atoms with Gasteiger partial charge in [-0.15, -0.1) is 10.2 Å². The molecule has 0 radical (unpaired) electrons. The molecule has 228 valence electrons. The van der Waals surface area contributed by atoms with Gasteiger partial charge >= 0.3 is 0 Å². The zero-order valence-corrected chi connectivity index (χ0v) is 24.6. The van der Waals surface area contributed by atoms with E-state index in [2.05, 4.69) is 20.5 Å². The van der Waals surface area contributed by atoms with E-state index in [1.807, 2.05) is 29.7 Å². The standard InChI is InChI=1S/C34H31FN6O4/c1-33(41-18-38-39-19-41)17-44-31-26(33)15-28(40-30(31)20-4-8-24(35)9-5-20)34(43,23-6-7-23)16-37-32(42)22-13-21-3-2-12-36-29(21)27(14-22)45-25-10-11-25/h2-5,8-9,12-15,18-19,23,25,43H,6-7,10-11,16-17H2,1H3,(H,37,42)/t33-,34?/m0/s1. The van der Waals surface area contributed by atoms with Crippen LogP contribution in [0.4, 0.5) is 4.39 Å². The van der Waals surface area contributed by atoms with Gasteiger partial charge in [-0.2, -0.15) is 0 Å². The van der Waals surface area contributed by atoms with Gasteiger partial charge in [-0.05, 0) is 87.1 Å². The highest BCUT2D eigenvalue weighted by molar-refractivity contribution is 6.00. The molecular formula is C34H31FN6O4. The number of rotatable bonds is 9. The first-order chi connectivity index (χ1) is 21.8. The van der Waals surface area contributed by atoms with Crippen LogP contribution in [0, 0.1) is 11.7 Å². The van der Waals surface area contributed by atoms with E-state index in [-0.39, 0.29) is 30.3 Å². The first-order valence-electron chi connectivity index (χ1n) is 15.2. The van der Waals surface area contributed by atoms with Gasteiger partial charge in [0.05, 0.1) is 18.3 Å². The number of hydrogen-bond acceptors (Lipinski definition) is 8. The van der Waals surface area contributed by atoms with E-state index in [0.717, 1.165) is 36.6 Å². The number of benzene rings is 2. The summed E-state index contributed by atoms with van der Waals surface area (Å²) >= 11 is 0. The zero-order valence-electron chi connectivity index (χ0n) is 24.6. The Kier molecular flexibility index (Phi) is 6.35. The maximum atomic E-state index is 13.9. The molecule has 1 unspecified atom stereocenters. The van der Waals surface area contributed by atoms with Gasteiger partial charge in [0.1, 0.15) is 53.2 Å². The van der Waals surface area contributed by atoms with Crippen LogP contribution >= 0.6 is 0 Å². The molecule has 1 aliphatic heterocycles. The Bertz CT molecular complexity index is 1930. The lowest BCUT2D eigenvalue weighted by Crippen LogP contribution is -2.43. The molecule has 0 spiro atoms. The minimum absolute atomic E-state index is 0.0563. The molecule has 2 aliphatic carbocycles. The van der Waals surface area contributed by atoms with Crippen LogP contribution in [-0.2, 0) is 11.1 Å². The monoisotopic (exact) mass is 606 g/mol. The summed E-state index contributed by atoms with van der Waals surface area (Å²) in [6.07, 6.45) is 8.65. The van der Waals surface area contributed by atoms with E-state index in [9.17, 15) is 14.3 Å². The summed E-state index contributed by atoms with van der Waals surface area (Å²) in [6, 6.07) is 15.1. The fourth-order valence-electron chi connectivity index (χ4n) is 6.13. The second-order valence-corrected chi connectivity index (χ2v) is 12.4. The van der Waals surface area contributed by atoms with Crippen molar-refractivity contribution < 1.29 is 23.8 Å². The highest BCUT2D eigenvalue weighted by Gasteiger charge is 2.49. The van der Waals surface area contributed by atoms with Crippen LogP contribution in [-0.4, -0.2) is 55.0 Å². The number of ether oxygens (including phenoxy) is 2. The summed E-state index contributed by atoms with van der Waals surface area (Å²) in [5.41, 5.74) is 1.33. The van der Waals surface area contributed by atoms with Crippen LogP contribution in [0.3, 0.4) is 0 Å². The molecule has 2 fully saturated rings. The van der Waals surface area contributed by atoms with Gasteiger partial charge in [-0.25, -0.2) is 9.37 Å². The number of nitrogens with one attached hydrogen (secondary N) is 1. The lowest BCUT2D eigenvalue weighted by Gasteiger charge is -2.30. The summed E-state index contributed by atoms with van der Waals surface area (Å²) in [7, 11) is 0. The van der Waals surface area contributed by atoms with Crippen LogP contribution < -0.4 is 14.8 Å². The number of aliphatic hydroxyl groups is 1. The Balaban J connectivity index is 1.17. The highest BCUT2D eigenvalue weighted by atomic mass is 19.1. The summed E-state index contributed by atoms with van der Waals surface area (Å²) in [5, 5.41) is 24.2. The third kappa shape index (κ3) is 4.87. The van der Waals surface area contributed by atoms with E-state index in [0.29, 0.717) is 46.1 Å². The van der Waals surface area contributed by atoms with Gasteiger partial charge in [0, 0.05) is 28.3 Å². The van der Waals surface area contributed by atoms with Crippen LogP contribution in [0.1, 0.15) is 54.2 Å². The van der Waals surface area contributed by atoms with Gasteiger partial charge in [0.25, 0.3) is 5.91 Å². The summed E-state index contributed by atoms with van der Waals surface area (Å²) in [4.78, 5) is 23.1. The predicted octanol–water partition coefficient (Wildman–Crippen LogP) is 4.75. The average Bonchev–Trinajstić information content (AvgIpc) is 3.99. The number of carbonyl (C=O) groups is 1. The van der Waals surface area contributed by atoms with Crippen molar-refractivity contribution >= 4 is 16.8 Å². The number of carbonyl (C=O) groups excluding carboxylic acids is 1. The van der Waals surface area contributed by atoms with Gasteiger partial charge in [-0.3, -0.25) is 9.78 Å². The lowest BCUT2D eigenvalue weighted by molar-refractivity contribution is 0.00945. The van der Waals surface area contributed by atoms with E-state index >= 15 is 0 Å². The molecule has 45 heavy (non-hydrogen) atoms. The molecule has 5 aromatic rings. The van der Waals surface area contributed by atoms with E-state index in [1.165, 1.54) is 12.1 Å². The molecule has 0 bridgehead atoms. The van der Waals surface area contributed by atoms with E-state index < -0.39 is 11.1 Å². The van der Waals surface area contributed by atoms with Crippen LogP contribution in [0.5, 0.6) is 11.5 Å². The second-order valence-electron chi connectivity index (χ2n) is 12.4. The number of hydrogen-bond donors (Lipinski definition) is 2. The lowest BCUT2D eigenvalue weighted by atomic mass is 9.86. The minimum atomic E-state index is -1.47. The molecule has 11 heteroatoms. The topological polar surface area (TPSA) is 124 Å². The number of fused-ring (bicyclic) bond motifs is 2. The third-order valence-corrected chi connectivity index (χ3v) is 9.12. The fourth-order valence-corrected chi connectivity index (χ4v) is 6.13. The van der Waals surface area contributed by atoms with Gasteiger partial charge < -0.3 is 24.5 Å². The Morgan fingerprint density at radius 1 is 1.13 bits per heavy atom. The Morgan fingerprint density at radius 3 is 2.64 bits per heavy atom. The van der Waals surface area contributed by atoms with Crippen molar-refractivity contribution in [3.63, 3.8) is 0 Å². The molecule has 2 atom stereocenters. The molecule has 8 rings (SSSR count). The van der Waals surface area contributed by atoms with Crippen molar-refractivity contribution in [3.8, 4) is 22.8 Å². The Morgan fingerprint density at radius 2 is 1.91 bits per heavy atom. The number of aromatic nitrogens is 5. The largest absolute Gasteiger partial charge is 0.488 e. The Labute approximate surface area is 258 Å². The summed E-state index contributed by atoms with van der Waals surface area (Å²) in [5.74, 6) is 0.321. The number of pyridine rings is 2. The van der Waals surface area contributed by atoms with Crippen molar-refractivity contribution in [2.75, 3.05) is 13.2 Å². The fraction of sp³-hybridized carbons (Fsp3) is 0.324. The average molecular weight is 607 g/mol. The van der Waals surface area contributed by atoms with Gasteiger partial charge in [0.15, 0.2) is 5.75 Å².